The van der Waals surface area contributed by atoms with Crippen molar-refractivity contribution in [3.05, 3.63) is 65.0 Å². The van der Waals surface area contributed by atoms with Crippen LogP contribution >= 0.6 is 11.3 Å². The number of nitriles is 1. The highest BCUT2D eigenvalue weighted by molar-refractivity contribution is 7.14. The minimum absolute atomic E-state index is 0.212. The summed E-state index contributed by atoms with van der Waals surface area (Å²) in [5.74, 6) is 0.549. The van der Waals surface area contributed by atoms with Gasteiger partial charge in [-0.25, -0.2) is 4.98 Å². The second-order valence-corrected chi connectivity index (χ2v) is 6.77. The van der Waals surface area contributed by atoms with Gasteiger partial charge in [-0.05, 0) is 42.8 Å². The number of unbranched alkanes of at least 4 members (excludes halogenated alkanes) is 1. The average Bonchev–Trinajstić information content (AvgIpc) is 3.17. The standard InChI is InChI=1S/C21H19N3O2S/c1-2-3-12-26-18-10-8-17(9-11-18)20(25)24-21-23-19(14-27-21)16-6-4-15(13-22)5-7-16/h4-11,14H,2-3,12H2,1H3,(H,23,24,25). The first kappa shape index (κ1) is 18.6. The lowest BCUT2D eigenvalue weighted by atomic mass is 10.1. The van der Waals surface area contributed by atoms with Crippen LogP contribution in [0.1, 0.15) is 35.7 Å². The Kier molecular flexibility index (Phi) is 6.18. The smallest absolute Gasteiger partial charge is 0.257 e. The predicted molar refractivity (Wildman–Crippen MR) is 107 cm³/mol. The lowest BCUT2D eigenvalue weighted by Crippen LogP contribution is -2.11. The second kappa shape index (κ2) is 8.97. The van der Waals surface area contributed by atoms with E-state index in [1.807, 2.05) is 17.5 Å². The van der Waals surface area contributed by atoms with Gasteiger partial charge in [0, 0.05) is 16.5 Å². The average molecular weight is 377 g/mol. The highest BCUT2D eigenvalue weighted by atomic mass is 32.1. The van der Waals surface area contributed by atoms with Crippen molar-refractivity contribution in [2.45, 2.75) is 19.8 Å². The number of ether oxygens (including phenoxy) is 1. The molecule has 0 radical (unpaired) electrons. The number of anilines is 1. The third kappa shape index (κ3) is 4.93. The SMILES string of the molecule is CCCCOc1ccc(C(=O)Nc2nc(-c3ccc(C#N)cc3)cs2)cc1. The molecule has 0 atom stereocenters. The number of hydrogen-bond donors (Lipinski definition) is 1. The van der Waals surface area contributed by atoms with Gasteiger partial charge in [-0.3, -0.25) is 10.1 Å². The van der Waals surface area contributed by atoms with E-state index in [9.17, 15) is 4.79 Å². The molecule has 0 aliphatic heterocycles. The summed E-state index contributed by atoms with van der Waals surface area (Å²) < 4.78 is 5.61. The quantitative estimate of drug-likeness (QED) is 0.580. The van der Waals surface area contributed by atoms with E-state index >= 15 is 0 Å². The molecule has 0 aliphatic carbocycles. The Labute approximate surface area is 162 Å². The Balaban J connectivity index is 1.62. The first-order chi connectivity index (χ1) is 13.2. The highest BCUT2D eigenvalue weighted by Crippen LogP contribution is 2.25. The molecule has 0 bridgehead atoms. The third-order valence-corrected chi connectivity index (χ3v) is 4.68. The molecular weight excluding hydrogens is 358 g/mol. The molecule has 1 N–H and O–H groups in total. The van der Waals surface area contributed by atoms with Crippen molar-refractivity contribution >= 4 is 22.4 Å². The Hall–Kier alpha value is -3.17. The highest BCUT2D eigenvalue weighted by Gasteiger charge is 2.10. The van der Waals surface area contributed by atoms with Crippen molar-refractivity contribution in [2.24, 2.45) is 0 Å². The van der Waals surface area contributed by atoms with E-state index in [2.05, 4.69) is 23.3 Å². The summed E-state index contributed by atoms with van der Waals surface area (Å²) in [6.07, 6.45) is 2.09. The number of nitrogens with one attached hydrogen (secondary N) is 1. The fourth-order valence-electron chi connectivity index (χ4n) is 2.39. The van der Waals surface area contributed by atoms with Crippen molar-refractivity contribution in [2.75, 3.05) is 11.9 Å². The van der Waals surface area contributed by atoms with Gasteiger partial charge in [0.25, 0.3) is 5.91 Å². The fourth-order valence-corrected chi connectivity index (χ4v) is 3.10. The first-order valence-electron chi connectivity index (χ1n) is 8.70. The molecule has 1 heterocycles. The second-order valence-electron chi connectivity index (χ2n) is 5.91. The summed E-state index contributed by atoms with van der Waals surface area (Å²) in [5.41, 5.74) is 2.82. The summed E-state index contributed by atoms with van der Waals surface area (Å²) in [6, 6.07) is 16.4. The van der Waals surface area contributed by atoms with Crippen LogP contribution in [0.25, 0.3) is 11.3 Å². The molecule has 0 fully saturated rings. The number of aromatic nitrogens is 1. The van der Waals surface area contributed by atoms with Gasteiger partial charge < -0.3 is 4.74 Å². The molecule has 0 saturated heterocycles. The van der Waals surface area contributed by atoms with Gasteiger partial charge in [0.15, 0.2) is 5.13 Å². The molecule has 136 valence electrons. The topological polar surface area (TPSA) is 75.0 Å². The summed E-state index contributed by atoms with van der Waals surface area (Å²) in [4.78, 5) is 16.8. The maximum absolute atomic E-state index is 12.4. The lowest BCUT2D eigenvalue weighted by Gasteiger charge is -2.06. The van der Waals surface area contributed by atoms with E-state index < -0.39 is 0 Å². The van der Waals surface area contributed by atoms with Crippen LogP contribution in [0.15, 0.2) is 53.9 Å². The molecule has 0 unspecified atom stereocenters. The zero-order valence-electron chi connectivity index (χ0n) is 14.9. The van der Waals surface area contributed by atoms with Crippen LogP contribution in [0.4, 0.5) is 5.13 Å². The van der Waals surface area contributed by atoms with Gasteiger partial charge >= 0.3 is 0 Å². The number of thiazole rings is 1. The molecule has 0 saturated carbocycles. The van der Waals surface area contributed by atoms with Gasteiger partial charge in [-0.2, -0.15) is 5.26 Å². The van der Waals surface area contributed by atoms with Crippen LogP contribution in [-0.2, 0) is 0 Å². The molecule has 1 aromatic heterocycles. The molecule has 5 nitrogen and oxygen atoms in total. The Bertz CT molecular complexity index is 941. The zero-order chi connectivity index (χ0) is 19.1. The Morgan fingerprint density at radius 1 is 1.19 bits per heavy atom. The molecule has 6 heteroatoms. The molecule has 27 heavy (non-hydrogen) atoms. The largest absolute Gasteiger partial charge is 0.494 e. The van der Waals surface area contributed by atoms with E-state index in [1.54, 1.807) is 36.4 Å². The number of carbonyl (C=O) groups excluding carboxylic acids is 1. The summed E-state index contributed by atoms with van der Waals surface area (Å²) in [7, 11) is 0. The van der Waals surface area contributed by atoms with Crippen LogP contribution in [0.2, 0.25) is 0 Å². The normalized spacial score (nSPS) is 10.2. The van der Waals surface area contributed by atoms with E-state index in [0.717, 1.165) is 29.8 Å². The van der Waals surface area contributed by atoms with E-state index in [4.69, 9.17) is 10.00 Å². The zero-order valence-corrected chi connectivity index (χ0v) is 15.8. The van der Waals surface area contributed by atoms with Crippen LogP contribution in [0.3, 0.4) is 0 Å². The number of benzene rings is 2. The van der Waals surface area contributed by atoms with E-state index in [-0.39, 0.29) is 5.91 Å². The fraction of sp³-hybridized carbons (Fsp3) is 0.190. The lowest BCUT2D eigenvalue weighted by molar-refractivity contribution is 0.102. The van der Waals surface area contributed by atoms with Crippen molar-refractivity contribution in [1.29, 1.82) is 5.26 Å². The monoisotopic (exact) mass is 377 g/mol. The number of nitrogens with zero attached hydrogens (tertiary/aromatic N) is 2. The van der Waals surface area contributed by atoms with Crippen molar-refractivity contribution < 1.29 is 9.53 Å². The number of carbonyl (C=O) groups is 1. The predicted octanol–water partition coefficient (Wildman–Crippen LogP) is 5.11. The number of amides is 1. The van der Waals surface area contributed by atoms with Crippen LogP contribution in [-0.4, -0.2) is 17.5 Å². The molecular formula is C21H19N3O2S. The van der Waals surface area contributed by atoms with E-state index in [1.165, 1.54) is 11.3 Å². The summed E-state index contributed by atoms with van der Waals surface area (Å²) in [5, 5.41) is 14.1. The van der Waals surface area contributed by atoms with Gasteiger partial charge in [0.05, 0.1) is 23.9 Å². The first-order valence-corrected chi connectivity index (χ1v) is 9.58. The molecule has 0 spiro atoms. The third-order valence-electron chi connectivity index (χ3n) is 3.92. The Morgan fingerprint density at radius 2 is 1.93 bits per heavy atom. The minimum Gasteiger partial charge on any atom is -0.494 e. The van der Waals surface area contributed by atoms with Gasteiger partial charge in [0.1, 0.15) is 5.75 Å². The van der Waals surface area contributed by atoms with Gasteiger partial charge in [0.2, 0.25) is 0 Å². The van der Waals surface area contributed by atoms with Crippen LogP contribution < -0.4 is 10.1 Å². The van der Waals surface area contributed by atoms with Gasteiger partial charge in [-0.15, -0.1) is 11.3 Å². The van der Waals surface area contributed by atoms with Crippen LogP contribution in [0, 0.1) is 11.3 Å². The summed E-state index contributed by atoms with van der Waals surface area (Å²) in [6.45, 7) is 2.79. The minimum atomic E-state index is -0.212. The number of rotatable bonds is 7. The van der Waals surface area contributed by atoms with Crippen LogP contribution in [0.5, 0.6) is 5.75 Å². The van der Waals surface area contributed by atoms with Gasteiger partial charge in [-0.1, -0.05) is 25.5 Å². The molecule has 3 aromatic rings. The maximum Gasteiger partial charge on any atom is 0.257 e. The Morgan fingerprint density at radius 3 is 2.59 bits per heavy atom. The molecule has 1 amide bonds. The molecule has 0 aliphatic rings. The van der Waals surface area contributed by atoms with Crippen molar-refractivity contribution in [3.8, 4) is 23.1 Å². The summed E-state index contributed by atoms with van der Waals surface area (Å²) >= 11 is 1.36. The maximum atomic E-state index is 12.4. The van der Waals surface area contributed by atoms with Crippen molar-refractivity contribution in [3.63, 3.8) is 0 Å². The molecule has 3 rings (SSSR count). The van der Waals surface area contributed by atoms with E-state index in [0.29, 0.717) is 22.9 Å². The van der Waals surface area contributed by atoms with Crippen molar-refractivity contribution in [1.82, 2.24) is 4.98 Å². The molecule has 2 aromatic carbocycles. The number of hydrogen-bond acceptors (Lipinski definition) is 5.